The number of amides is 2. The van der Waals surface area contributed by atoms with Crippen molar-refractivity contribution >= 4 is 23.5 Å². The number of carbonyl (C=O) groups excluding carboxylic acids is 3. The Bertz CT molecular complexity index is 863. The number of hydrogen-bond acceptors (Lipinski definition) is 6. The van der Waals surface area contributed by atoms with Crippen LogP contribution in [-0.2, 0) is 9.53 Å². The zero-order valence-corrected chi connectivity index (χ0v) is 14.6. The summed E-state index contributed by atoms with van der Waals surface area (Å²) in [6.07, 6.45) is 0. The molecule has 0 fully saturated rings. The molecule has 0 aliphatic carbocycles. The highest BCUT2D eigenvalue weighted by Crippen LogP contribution is 2.32. The highest BCUT2D eigenvalue weighted by atomic mass is 16.7. The van der Waals surface area contributed by atoms with Crippen molar-refractivity contribution in [2.45, 2.75) is 6.92 Å². The van der Waals surface area contributed by atoms with E-state index in [1.807, 2.05) is 0 Å². The van der Waals surface area contributed by atoms with Gasteiger partial charge in [-0.1, -0.05) is 0 Å². The number of carbonyl (C=O) groups is 3. The molecule has 3 rings (SSSR count). The number of ether oxygens (including phenoxy) is 3. The predicted octanol–water partition coefficient (Wildman–Crippen LogP) is 1.96. The molecule has 27 heavy (non-hydrogen) atoms. The van der Waals surface area contributed by atoms with Crippen LogP contribution in [0.2, 0.25) is 0 Å². The number of anilines is 1. The molecule has 2 aromatic rings. The van der Waals surface area contributed by atoms with Gasteiger partial charge in [-0.25, -0.2) is 4.79 Å². The van der Waals surface area contributed by atoms with Crippen LogP contribution >= 0.6 is 0 Å². The SMILES string of the molecule is CCOC(=O)c1ccc(NC(=O)CNC(=O)c2ccc3c(c2)OCO3)cc1. The number of esters is 1. The summed E-state index contributed by atoms with van der Waals surface area (Å²) in [5, 5.41) is 5.17. The molecule has 1 aliphatic rings. The molecule has 1 aliphatic heterocycles. The Balaban J connectivity index is 1.50. The first-order chi connectivity index (χ1) is 13.1. The van der Waals surface area contributed by atoms with Crippen molar-refractivity contribution in [2.24, 2.45) is 0 Å². The van der Waals surface area contributed by atoms with E-state index in [-0.39, 0.29) is 13.3 Å². The van der Waals surface area contributed by atoms with Gasteiger partial charge in [0.25, 0.3) is 5.91 Å². The van der Waals surface area contributed by atoms with Crippen LogP contribution in [0.25, 0.3) is 0 Å². The smallest absolute Gasteiger partial charge is 0.338 e. The number of nitrogens with one attached hydrogen (secondary N) is 2. The minimum atomic E-state index is -0.425. The van der Waals surface area contributed by atoms with E-state index in [9.17, 15) is 14.4 Å². The summed E-state index contributed by atoms with van der Waals surface area (Å²) >= 11 is 0. The van der Waals surface area contributed by atoms with Crippen molar-refractivity contribution in [2.75, 3.05) is 25.3 Å². The van der Waals surface area contributed by atoms with Crippen molar-refractivity contribution in [3.05, 3.63) is 53.6 Å². The van der Waals surface area contributed by atoms with Gasteiger partial charge in [0.15, 0.2) is 11.5 Å². The van der Waals surface area contributed by atoms with E-state index in [4.69, 9.17) is 14.2 Å². The lowest BCUT2D eigenvalue weighted by molar-refractivity contribution is -0.115. The van der Waals surface area contributed by atoms with Crippen molar-refractivity contribution in [1.82, 2.24) is 5.32 Å². The van der Waals surface area contributed by atoms with E-state index in [0.717, 1.165) is 0 Å². The molecule has 0 aromatic heterocycles. The van der Waals surface area contributed by atoms with Crippen LogP contribution in [0.4, 0.5) is 5.69 Å². The molecule has 0 atom stereocenters. The predicted molar refractivity (Wildman–Crippen MR) is 95.9 cm³/mol. The second-order valence-electron chi connectivity index (χ2n) is 5.60. The molecule has 2 aromatic carbocycles. The Labute approximate surface area is 155 Å². The van der Waals surface area contributed by atoms with Crippen LogP contribution < -0.4 is 20.1 Å². The zero-order chi connectivity index (χ0) is 19.2. The van der Waals surface area contributed by atoms with Crippen molar-refractivity contribution in [1.29, 1.82) is 0 Å². The summed E-state index contributed by atoms with van der Waals surface area (Å²) in [6, 6.07) is 11.1. The fourth-order valence-electron chi connectivity index (χ4n) is 2.41. The molecule has 0 spiro atoms. The van der Waals surface area contributed by atoms with Crippen LogP contribution in [-0.4, -0.2) is 37.7 Å². The number of benzene rings is 2. The van der Waals surface area contributed by atoms with Gasteiger partial charge in [0.2, 0.25) is 12.7 Å². The lowest BCUT2D eigenvalue weighted by atomic mass is 10.2. The molecule has 8 nitrogen and oxygen atoms in total. The molecule has 1 heterocycles. The molecular weight excluding hydrogens is 352 g/mol. The molecule has 0 saturated heterocycles. The molecule has 2 amide bonds. The first-order valence-electron chi connectivity index (χ1n) is 8.31. The average molecular weight is 370 g/mol. The summed E-state index contributed by atoms with van der Waals surface area (Å²) in [6.45, 7) is 1.94. The Morgan fingerprint density at radius 1 is 1.00 bits per heavy atom. The third-order valence-electron chi connectivity index (χ3n) is 3.72. The standard InChI is InChI=1S/C19H18N2O6/c1-2-25-19(24)12-3-6-14(7-4-12)21-17(22)10-20-18(23)13-5-8-15-16(9-13)27-11-26-15/h3-9H,2,10-11H2,1H3,(H,20,23)(H,21,22). The number of rotatable bonds is 6. The Morgan fingerprint density at radius 2 is 1.70 bits per heavy atom. The van der Waals surface area contributed by atoms with Crippen molar-refractivity contribution in [3.63, 3.8) is 0 Å². The third kappa shape index (κ3) is 4.55. The largest absolute Gasteiger partial charge is 0.462 e. The molecule has 0 unspecified atom stereocenters. The van der Waals surface area contributed by atoms with E-state index in [1.165, 1.54) is 0 Å². The van der Waals surface area contributed by atoms with E-state index in [2.05, 4.69) is 10.6 Å². The second kappa shape index (κ2) is 8.22. The van der Waals surface area contributed by atoms with Crippen molar-refractivity contribution in [3.8, 4) is 11.5 Å². The van der Waals surface area contributed by atoms with Gasteiger partial charge in [-0.05, 0) is 49.4 Å². The Morgan fingerprint density at radius 3 is 2.44 bits per heavy atom. The summed E-state index contributed by atoms with van der Waals surface area (Å²) in [4.78, 5) is 35.7. The van der Waals surface area contributed by atoms with Gasteiger partial charge in [-0.2, -0.15) is 0 Å². The second-order valence-corrected chi connectivity index (χ2v) is 5.60. The number of hydrogen-bond donors (Lipinski definition) is 2. The van der Waals surface area contributed by atoms with Crippen molar-refractivity contribution < 1.29 is 28.6 Å². The fourth-order valence-corrected chi connectivity index (χ4v) is 2.41. The van der Waals surface area contributed by atoms with Crippen LogP contribution in [0.15, 0.2) is 42.5 Å². The molecule has 0 saturated carbocycles. The molecule has 0 bridgehead atoms. The van der Waals surface area contributed by atoms with E-state index in [1.54, 1.807) is 49.4 Å². The summed E-state index contributed by atoms with van der Waals surface area (Å²) in [5.41, 5.74) is 1.27. The molecule has 140 valence electrons. The highest BCUT2D eigenvalue weighted by Gasteiger charge is 2.16. The average Bonchev–Trinajstić information content (AvgIpc) is 3.14. The van der Waals surface area contributed by atoms with E-state index < -0.39 is 17.8 Å². The summed E-state index contributed by atoms with van der Waals surface area (Å²) < 4.78 is 15.3. The van der Waals surface area contributed by atoms with Gasteiger partial charge in [-0.15, -0.1) is 0 Å². The van der Waals surface area contributed by atoms with E-state index >= 15 is 0 Å². The zero-order valence-electron chi connectivity index (χ0n) is 14.6. The summed E-state index contributed by atoms with van der Waals surface area (Å²) in [5.74, 6) is -0.148. The van der Waals surface area contributed by atoms with Crippen LogP contribution in [0, 0.1) is 0 Å². The first kappa shape index (κ1) is 18.2. The lowest BCUT2D eigenvalue weighted by Crippen LogP contribution is -2.32. The first-order valence-corrected chi connectivity index (χ1v) is 8.31. The highest BCUT2D eigenvalue weighted by molar-refractivity contribution is 6.00. The normalized spacial score (nSPS) is 11.6. The summed E-state index contributed by atoms with van der Waals surface area (Å²) in [7, 11) is 0. The number of fused-ring (bicyclic) bond motifs is 1. The third-order valence-corrected chi connectivity index (χ3v) is 3.72. The molecule has 0 radical (unpaired) electrons. The monoisotopic (exact) mass is 370 g/mol. The Hall–Kier alpha value is -3.55. The Kier molecular flexibility index (Phi) is 5.55. The fraction of sp³-hybridized carbons (Fsp3) is 0.211. The molecular formula is C19H18N2O6. The van der Waals surface area contributed by atoms with Crippen LogP contribution in [0.1, 0.15) is 27.6 Å². The van der Waals surface area contributed by atoms with E-state index in [0.29, 0.717) is 34.9 Å². The maximum atomic E-state index is 12.1. The minimum Gasteiger partial charge on any atom is -0.462 e. The maximum absolute atomic E-state index is 12.1. The van der Waals surface area contributed by atoms with Gasteiger partial charge >= 0.3 is 5.97 Å². The lowest BCUT2D eigenvalue weighted by Gasteiger charge is -2.08. The maximum Gasteiger partial charge on any atom is 0.338 e. The quantitative estimate of drug-likeness (QED) is 0.754. The molecule has 2 N–H and O–H groups in total. The van der Waals surface area contributed by atoms with Gasteiger partial charge in [0, 0.05) is 11.3 Å². The van der Waals surface area contributed by atoms with Gasteiger partial charge in [0.05, 0.1) is 18.7 Å². The van der Waals surface area contributed by atoms with Gasteiger partial charge in [-0.3, -0.25) is 9.59 Å². The molecule has 8 heteroatoms. The van der Waals surface area contributed by atoms with Gasteiger partial charge in [0.1, 0.15) is 0 Å². The minimum absolute atomic E-state index is 0.123. The van der Waals surface area contributed by atoms with Crippen LogP contribution in [0.5, 0.6) is 11.5 Å². The van der Waals surface area contributed by atoms with Crippen LogP contribution in [0.3, 0.4) is 0 Å². The van der Waals surface area contributed by atoms with Gasteiger partial charge < -0.3 is 24.8 Å². The topological polar surface area (TPSA) is 103 Å².